The number of hydrogen-bond acceptors (Lipinski definition) is 10. The van der Waals surface area contributed by atoms with Crippen molar-refractivity contribution >= 4 is 17.8 Å². The predicted octanol–water partition coefficient (Wildman–Crippen LogP) is 2.80. The van der Waals surface area contributed by atoms with Crippen molar-refractivity contribution in [2.45, 2.75) is 88.2 Å². The summed E-state index contributed by atoms with van der Waals surface area (Å²) in [7, 11) is 1.95. The highest BCUT2D eigenvalue weighted by atomic mass is 16.6. The molecule has 2 aliphatic carbocycles. The van der Waals surface area contributed by atoms with Gasteiger partial charge >= 0.3 is 11.9 Å². The molecular formula is C34H42N2O9. The third kappa shape index (κ3) is 5.69. The first kappa shape index (κ1) is 32.5. The number of unbranched alkanes of at least 4 members (excludes halogenated alkanes) is 1. The maximum atomic E-state index is 13.4. The van der Waals surface area contributed by atoms with Crippen molar-refractivity contribution in [3.63, 3.8) is 0 Å². The standard InChI is InChI=1S/C34H42N2O9/c1-5-7-17-43-32(41)22(35-31(40)28(39)20-11-9-8-10-12-20)19-26(38)44-24-15-16-34(42)25(36(4)6-2)18-21-13-14-23(37)29-27(21)33(34,3)30(24)45-29/h8-15,22,25,28,30,37,39,42H,5-7,16-19H2,1-4H3,(H,35,40)/t22-,25+,28-,30-,33-,34+/m0/s1. The molecule has 0 unspecified atom stereocenters. The predicted molar refractivity (Wildman–Crippen MR) is 163 cm³/mol. The fourth-order valence-corrected chi connectivity index (χ4v) is 6.88. The first-order valence-electron chi connectivity index (χ1n) is 15.5. The largest absolute Gasteiger partial charge is 0.504 e. The van der Waals surface area contributed by atoms with Gasteiger partial charge in [0.25, 0.3) is 5.91 Å². The summed E-state index contributed by atoms with van der Waals surface area (Å²) < 4.78 is 17.4. The van der Waals surface area contributed by atoms with Crippen molar-refractivity contribution in [2.24, 2.45) is 0 Å². The molecule has 1 amide bonds. The summed E-state index contributed by atoms with van der Waals surface area (Å²) in [6.07, 6.45) is 0.607. The molecule has 0 radical (unpaired) electrons. The smallest absolute Gasteiger partial charge is 0.329 e. The molecule has 1 aliphatic heterocycles. The van der Waals surface area contributed by atoms with Crippen molar-refractivity contribution in [1.82, 2.24) is 10.2 Å². The van der Waals surface area contributed by atoms with Gasteiger partial charge in [0.2, 0.25) is 0 Å². The van der Waals surface area contributed by atoms with Crippen LogP contribution in [0.25, 0.3) is 0 Å². The number of benzene rings is 2. The van der Waals surface area contributed by atoms with E-state index in [9.17, 15) is 29.7 Å². The van der Waals surface area contributed by atoms with Crippen molar-refractivity contribution in [3.8, 4) is 11.5 Å². The molecule has 6 atom stereocenters. The SMILES string of the molecule is CCCCOC(=O)[C@H](CC(=O)OC1=CC[C@@]2(O)[C@H](N(C)CC)Cc3ccc(O)c4c3[C@@]2(C)[C@H]1O4)NC(=O)[C@@H](O)c1ccccc1. The zero-order valence-electron chi connectivity index (χ0n) is 26.1. The average Bonchev–Trinajstić information content (AvgIpc) is 3.37. The number of hydrogen-bond donors (Lipinski definition) is 4. The van der Waals surface area contributed by atoms with E-state index in [4.69, 9.17) is 14.2 Å². The first-order chi connectivity index (χ1) is 21.5. The van der Waals surface area contributed by atoms with Gasteiger partial charge in [-0.1, -0.05) is 56.7 Å². The number of amides is 1. The normalized spacial score (nSPS) is 25.8. The van der Waals surface area contributed by atoms with Crippen LogP contribution in [-0.2, 0) is 35.7 Å². The Balaban J connectivity index is 1.39. The second kappa shape index (κ2) is 12.8. The van der Waals surface area contributed by atoms with Crippen LogP contribution in [0, 0.1) is 0 Å². The maximum absolute atomic E-state index is 13.4. The number of ether oxygens (including phenoxy) is 3. The number of esters is 2. The van der Waals surface area contributed by atoms with Gasteiger partial charge in [-0.2, -0.15) is 0 Å². The van der Waals surface area contributed by atoms with Crippen LogP contribution in [-0.4, -0.2) is 82.1 Å². The Kier molecular flexibility index (Phi) is 9.25. The number of nitrogens with zero attached hydrogens (tertiary/aromatic N) is 1. The van der Waals surface area contributed by atoms with E-state index in [0.717, 1.165) is 12.0 Å². The van der Waals surface area contributed by atoms with Crippen LogP contribution in [0.1, 0.15) is 69.2 Å². The molecule has 2 aromatic rings. The average molecular weight is 623 g/mol. The van der Waals surface area contributed by atoms with E-state index < -0.39 is 53.5 Å². The molecule has 11 nitrogen and oxygen atoms in total. The molecule has 0 fully saturated rings. The van der Waals surface area contributed by atoms with E-state index in [-0.39, 0.29) is 36.3 Å². The number of aliphatic hydroxyl groups excluding tert-OH is 1. The molecule has 3 aliphatic rings. The van der Waals surface area contributed by atoms with Crippen molar-refractivity contribution in [2.75, 3.05) is 20.2 Å². The monoisotopic (exact) mass is 622 g/mol. The van der Waals surface area contributed by atoms with Crippen LogP contribution in [0.5, 0.6) is 11.5 Å². The molecular weight excluding hydrogens is 580 g/mol. The Hall–Kier alpha value is -3.93. The van der Waals surface area contributed by atoms with E-state index in [2.05, 4.69) is 10.2 Å². The zero-order chi connectivity index (χ0) is 32.5. The summed E-state index contributed by atoms with van der Waals surface area (Å²) in [4.78, 5) is 41.4. The van der Waals surface area contributed by atoms with E-state index >= 15 is 0 Å². The summed E-state index contributed by atoms with van der Waals surface area (Å²) in [5.74, 6) is -2.23. The molecule has 5 rings (SSSR count). The minimum Gasteiger partial charge on any atom is -0.504 e. The van der Waals surface area contributed by atoms with Crippen molar-refractivity contribution in [3.05, 3.63) is 71.0 Å². The Morgan fingerprint density at radius 2 is 1.89 bits per heavy atom. The highest BCUT2D eigenvalue weighted by molar-refractivity contribution is 5.90. The quantitative estimate of drug-likeness (QED) is 0.205. The highest BCUT2D eigenvalue weighted by Gasteiger charge is 2.68. The Morgan fingerprint density at radius 1 is 1.16 bits per heavy atom. The Labute approximate surface area is 262 Å². The Morgan fingerprint density at radius 3 is 2.58 bits per heavy atom. The van der Waals surface area contributed by atoms with Gasteiger partial charge in [0, 0.05) is 18.0 Å². The van der Waals surface area contributed by atoms with Crippen LogP contribution >= 0.6 is 0 Å². The molecule has 2 aromatic carbocycles. The van der Waals surface area contributed by atoms with Crippen molar-refractivity contribution in [1.29, 1.82) is 0 Å². The molecule has 0 bridgehead atoms. The van der Waals surface area contributed by atoms with Crippen LogP contribution in [0.2, 0.25) is 0 Å². The van der Waals surface area contributed by atoms with Crippen LogP contribution < -0.4 is 10.1 Å². The lowest BCUT2D eigenvalue weighted by molar-refractivity contribution is -0.156. The fraction of sp³-hybridized carbons (Fsp3) is 0.500. The summed E-state index contributed by atoms with van der Waals surface area (Å²) in [5.41, 5.74) is -0.428. The molecule has 45 heavy (non-hydrogen) atoms. The molecule has 4 N–H and O–H groups in total. The number of carbonyl (C=O) groups is 3. The number of aliphatic hydroxyl groups is 2. The molecule has 0 saturated carbocycles. The summed E-state index contributed by atoms with van der Waals surface area (Å²) in [6.45, 7) is 6.61. The van der Waals surface area contributed by atoms with Crippen LogP contribution in [0.4, 0.5) is 0 Å². The maximum Gasteiger partial charge on any atom is 0.329 e. The number of likely N-dealkylation sites (N-methyl/N-ethyl adjacent to an activating group) is 1. The van der Waals surface area contributed by atoms with E-state index in [1.54, 1.807) is 42.5 Å². The van der Waals surface area contributed by atoms with Crippen LogP contribution in [0.15, 0.2) is 54.3 Å². The number of rotatable bonds is 12. The number of nitrogens with one attached hydrogen (secondary N) is 1. The van der Waals surface area contributed by atoms with E-state index in [1.165, 1.54) is 0 Å². The van der Waals surface area contributed by atoms with Gasteiger partial charge in [-0.05, 0) is 56.6 Å². The Bertz CT molecular complexity index is 1480. The molecule has 0 saturated heterocycles. The lowest BCUT2D eigenvalue weighted by Crippen LogP contribution is -2.69. The fourth-order valence-electron chi connectivity index (χ4n) is 6.88. The summed E-state index contributed by atoms with van der Waals surface area (Å²) in [5, 5.41) is 36.1. The minimum absolute atomic E-state index is 0.0747. The topological polar surface area (TPSA) is 155 Å². The van der Waals surface area contributed by atoms with Gasteiger partial charge in [0.05, 0.1) is 24.0 Å². The van der Waals surface area contributed by atoms with E-state index in [0.29, 0.717) is 30.5 Å². The van der Waals surface area contributed by atoms with Gasteiger partial charge in [-0.25, -0.2) is 4.79 Å². The van der Waals surface area contributed by atoms with E-state index in [1.807, 2.05) is 33.9 Å². The highest BCUT2D eigenvalue weighted by Crippen LogP contribution is 2.62. The summed E-state index contributed by atoms with van der Waals surface area (Å²) >= 11 is 0. The van der Waals surface area contributed by atoms with Gasteiger partial charge in [0.15, 0.2) is 23.7 Å². The molecule has 1 heterocycles. The lowest BCUT2D eigenvalue weighted by Gasteiger charge is -2.56. The third-order valence-corrected chi connectivity index (χ3v) is 9.58. The number of aromatic hydroxyl groups is 1. The minimum atomic E-state index is -1.57. The molecule has 11 heteroatoms. The first-order valence-corrected chi connectivity index (χ1v) is 15.5. The second-order valence-electron chi connectivity index (χ2n) is 12.2. The number of carbonyl (C=O) groups excluding carboxylic acids is 3. The third-order valence-electron chi connectivity index (χ3n) is 9.58. The van der Waals surface area contributed by atoms with Crippen molar-refractivity contribution < 1.29 is 43.9 Å². The summed E-state index contributed by atoms with van der Waals surface area (Å²) in [6, 6.07) is 9.92. The van der Waals surface area contributed by atoms with Gasteiger partial charge < -0.3 is 39.7 Å². The van der Waals surface area contributed by atoms with Gasteiger partial charge in [-0.3, -0.25) is 9.59 Å². The second-order valence-corrected chi connectivity index (χ2v) is 12.2. The number of phenolic OH excluding ortho intramolecular Hbond substituents is 1. The van der Waals surface area contributed by atoms with Crippen LogP contribution in [0.3, 0.4) is 0 Å². The molecule has 242 valence electrons. The molecule has 0 aromatic heterocycles. The number of phenols is 1. The van der Waals surface area contributed by atoms with Gasteiger partial charge in [0.1, 0.15) is 11.8 Å². The lowest BCUT2D eigenvalue weighted by atomic mass is 9.54. The zero-order valence-corrected chi connectivity index (χ0v) is 26.1. The van der Waals surface area contributed by atoms with Gasteiger partial charge in [-0.15, -0.1) is 0 Å². The molecule has 0 spiro atoms.